The van der Waals surface area contributed by atoms with E-state index in [0.29, 0.717) is 50.3 Å². The second kappa shape index (κ2) is 8.86. The summed E-state index contributed by atoms with van der Waals surface area (Å²) >= 11 is 1.66. The van der Waals surface area contributed by atoms with Crippen molar-refractivity contribution in [2.24, 2.45) is 0 Å². The molecule has 0 N–H and O–H groups in total. The molecule has 168 valence electrons. The van der Waals surface area contributed by atoms with Gasteiger partial charge in [0.25, 0.3) is 5.91 Å². The van der Waals surface area contributed by atoms with Gasteiger partial charge in [0.15, 0.2) is 5.69 Å². The molecule has 0 spiro atoms. The second-order valence-corrected chi connectivity index (χ2v) is 8.92. The monoisotopic (exact) mass is 452 g/mol. The van der Waals surface area contributed by atoms with Gasteiger partial charge in [0.05, 0.1) is 5.56 Å². The standard InChI is InChI=1S/C22H27F3N4OS/c1-3-29-19-10-13-28(31-2)14-17(19)20(26-29)21(30)27-11-8-15(9-12-27)16-6-4-5-7-18(16)22(23,24)25/h4-7,15H,3,8-14H2,1-2H3. The molecule has 9 heteroatoms. The summed E-state index contributed by atoms with van der Waals surface area (Å²) in [6.07, 6.45) is -0.432. The zero-order valence-corrected chi connectivity index (χ0v) is 18.6. The van der Waals surface area contributed by atoms with Crippen LogP contribution in [0.4, 0.5) is 13.2 Å². The summed E-state index contributed by atoms with van der Waals surface area (Å²) < 4.78 is 44.4. The van der Waals surface area contributed by atoms with Gasteiger partial charge in [0, 0.05) is 50.4 Å². The maximum atomic E-state index is 13.4. The van der Waals surface area contributed by atoms with E-state index < -0.39 is 11.7 Å². The number of likely N-dealkylation sites (tertiary alicyclic amines) is 1. The van der Waals surface area contributed by atoms with E-state index in [4.69, 9.17) is 0 Å². The molecule has 0 bridgehead atoms. The van der Waals surface area contributed by atoms with E-state index in [-0.39, 0.29) is 11.8 Å². The highest BCUT2D eigenvalue weighted by Crippen LogP contribution is 2.39. The number of aryl methyl sites for hydroxylation is 1. The highest BCUT2D eigenvalue weighted by molar-refractivity contribution is 7.96. The van der Waals surface area contributed by atoms with E-state index in [2.05, 4.69) is 9.40 Å². The molecule has 2 aliphatic heterocycles. The average molecular weight is 453 g/mol. The summed E-state index contributed by atoms with van der Waals surface area (Å²) in [5.74, 6) is -0.301. The van der Waals surface area contributed by atoms with Crippen molar-refractivity contribution in [2.45, 2.75) is 51.4 Å². The maximum Gasteiger partial charge on any atom is 0.416 e. The van der Waals surface area contributed by atoms with E-state index in [1.165, 1.54) is 6.07 Å². The van der Waals surface area contributed by atoms with Gasteiger partial charge in [-0.25, -0.2) is 4.31 Å². The minimum Gasteiger partial charge on any atom is -0.337 e. The Bertz CT molecular complexity index is 951. The quantitative estimate of drug-likeness (QED) is 0.637. The lowest BCUT2D eigenvalue weighted by Crippen LogP contribution is -2.39. The van der Waals surface area contributed by atoms with Crippen LogP contribution in [0.1, 0.15) is 58.6 Å². The van der Waals surface area contributed by atoms with Gasteiger partial charge >= 0.3 is 6.18 Å². The molecule has 1 amide bonds. The predicted molar refractivity (Wildman–Crippen MR) is 115 cm³/mol. The molecule has 1 aromatic carbocycles. The number of piperidine rings is 1. The molecule has 0 saturated carbocycles. The van der Waals surface area contributed by atoms with Gasteiger partial charge in [-0.15, -0.1) is 0 Å². The van der Waals surface area contributed by atoms with Crippen molar-refractivity contribution in [1.29, 1.82) is 0 Å². The number of aromatic nitrogens is 2. The van der Waals surface area contributed by atoms with E-state index in [1.54, 1.807) is 29.0 Å². The molecule has 1 aromatic heterocycles. The second-order valence-electron chi connectivity index (χ2n) is 8.04. The third-order valence-corrected chi connectivity index (χ3v) is 7.18. The lowest BCUT2D eigenvalue weighted by atomic mass is 9.86. The molecule has 31 heavy (non-hydrogen) atoms. The minimum absolute atomic E-state index is 0.103. The topological polar surface area (TPSA) is 41.4 Å². The molecule has 5 nitrogen and oxygen atoms in total. The fraction of sp³-hybridized carbons (Fsp3) is 0.545. The van der Waals surface area contributed by atoms with Gasteiger partial charge in [-0.1, -0.05) is 30.1 Å². The van der Waals surface area contributed by atoms with Crippen LogP contribution < -0.4 is 0 Å². The van der Waals surface area contributed by atoms with Crippen molar-refractivity contribution in [3.8, 4) is 0 Å². The molecule has 2 aromatic rings. The summed E-state index contributed by atoms with van der Waals surface area (Å²) in [7, 11) is 0. The van der Waals surface area contributed by atoms with Gasteiger partial charge < -0.3 is 4.90 Å². The van der Waals surface area contributed by atoms with E-state index in [9.17, 15) is 18.0 Å². The normalized spacial score (nSPS) is 18.3. The van der Waals surface area contributed by atoms with Crippen LogP contribution in [0, 0.1) is 0 Å². The van der Waals surface area contributed by atoms with Gasteiger partial charge in [-0.3, -0.25) is 9.48 Å². The third-order valence-electron chi connectivity index (χ3n) is 6.35. The molecule has 3 heterocycles. The molecule has 1 fully saturated rings. The molecule has 0 radical (unpaired) electrons. The van der Waals surface area contributed by atoms with Gasteiger partial charge in [-0.05, 0) is 43.6 Å². The number of amides is 1. The first-order chi connectivity index (χ1) is 14.8. The summed E-state index contributed by atoms with van der Waals surface area (Å²) in [6, 6.07) is 5.80. The summed E-state index contributed by atoms with van der Waals surface area (Å²) in [4.78, 5) is 15.1. The largest absolute Gasteiger partial charge is 0.416 e. The number of rotatable bonds is 4. The molecular weight excluding hydrogens is 425 g/mol. The van der Waals surface area contributed by atoms with Crippen molar-refractivity contribution in [3.05, 3.63) is 52.3 Å². The fourth-order valence-corrected chi connectivity index (χ4v) is 5.24. The van der Waals surface area contributed by atoms with Crippen LogP contribution in [0.25, 0.3) is 0 Å². The number of halogens is 3. The molecular formula is C22H27F3N4OS. The first-order valence-corrected chi connectivity index (χ1v) is 11.8. The number of carbonyl (C=O) groups is 1. The Kier molecular flexibility index (Phi) is 6.35. The zero-order valence-electron chi connectivity index (χ0n) is 17.8. The van der Waals surface area contributed by atoms with Crippen LogP contribution in [0.3, 0.4) is 0 Å². The Hall–Kier alpha value is -2.00. The lowest BCUT2D eigenvalue weighted by Gasteiger charge is -2.33. The van der Waals surface area contributed by atoms with Crippen LogP contribution in [0.15, 0.2) is 24.3 Å². The number of fused-ring (bicyclic) bond motifs is 1. The zero-order chi connectivity index (χ0) is 22.2. The molecule has 4 rings (SSSR count). The van der Waals surface area contributed by atoms with Gasteiger partial charge in [0.1, 0.15) is 0 Å². The predicted octanol–water partition coefficient (Wildman–Crippen LogP) is 4.58. The molecule has 0 aliphatic carbocycles. The van der Waals surface area contributed by atoms with Crippen molar-refractivity contribution in [3.63, 3.8) is 0 Å². The first-order valence-electron chi connectivity index (χ1n) is 10.7. The van der Waals surface area contributed by atoms with Crippen molar-refractivity contribution < 1.29 is 18.0 Å². The van der Waals surface area contributed by atoms with Crippen LogP contribution in [0.2, 0.25) is 0 Å². The number of hydrogen-bond acceptors (Lipinski definition) is 4. The van der Waals surface area contributed by atoms with Crippen molar-refractivity contribution >= 4 is 17.9 Å². The number of alkyl halides is 3. The Morgan fingerprint density at radius 1 is 1.19 bits per heavy atom. The highest BCUT2D eigenvalue weighted by Gasteiger charge is 2.37. The van der Waals surface area contributed by atoms with Crippen LogP contribution in [0.5, 0.6) is 0 Å². The summed E-state index contributed by atoms with van der Waals surface area (Å²) in [5, 5.41) is 4.62. The summed E-state index contributed by atoms with van der Waals surface area (Å²) in [6.45, 7) is 5.23. The van der Waals surface area contributed by atoms with E-state index >= 15 is 0 Å². The van der Waals surface area contributed by atoms with Crippen LogP contribution in [-0.2, 0) is 25.7 Å². The third kappa shape index (κ3) is 4.35. The average Bonchev–Trinajstić information content (AvgIpc) is 3.16. The molecule has 2 aliphatic rings. The van der Waals surface area contributed by atoms with Crippen molar-refractivity contribution in [2.75, 3.05) is 25.9 Å². The number of nitrogens with zero attached hydrogens (tertiary/aromatic N) is 4. The Labute approximate surface area is 184 Å². The number of carbonyl (C=O) groups excluding carboxylic acids is 1. The highest BCUT2D eigenvalue weighted by atomic mass is 32.2. The van der Waals surface area contributed by atoms with Gasteiger partial charge in [0.2, 0.25) is 0 Å². The molecule has 0 unspecified atom stereocenters. The fourth-order valence-electron chi connectivity index (χ4n) is 4.71. The summed E-state index contributed by atoms with van der Waals surface area (Å²) in [5.41, 5.74) is 2.41. The Morgan fingerprint density at radius 3 is 2.55 bits per heavy atom. The first kappa shape index (κ1) is 22.2. The maximum absolute atomic E-state index is 13.4. The van der Waals surface area contributed by atoms with E-state index in [0.717, 1.165) is 30.3 Å². The minimum atomic E-state index is -4.36. The molecule has 1 saturated heterocycles. The molecule has 0 atom stereocenters. The van der Waals surface area contributed by atoms with E-state index in [1.807, 2.05) is 17.9 Å². The Morgan fingerprint density at radius 2 is 1.90 bits per heavy atom. The lowest BCUT2D eigenvalue weighted by molar-refractivity contribution is -0.138. The van der Waals surface area contributed by atoms with Crippen LogP contribution in [-0.4, -0.2) is 50.8 Å². The van der Waals surface area contributed by atoms with Crippen molar-refractivity contribution in [1.82, 2.24) is 19.0 Å². The smallest absolute Gasteiger partial charge is 0.337 e. The number of benzene rings is 1. The van der Waals surface area contributed by atoms with Gasteiger partial charge in [-0.2, -0.15) is 18.3 Å². The Balaban J connectivity index is 1.51. The van der Waals surface area contributed by atoms with Crippen LogP contribution >= 0.6 is 11.9 Å². The number of hydrogen-bond donors (Lipinski definition) is 0. The SMILES string of the molecule is CCn1nc(C(=O)N2CCC(c3ccccc3C(F)(F)F)CC2)c2c1CCN(SC)C2.